The van der Waals surface area contributed by atoms with E-state index in [0.29, 0.717) is 54.1 Å². The van der Waals surface area contributed by atoms with Gasteiger partial charge in [-0.15, -0.1) is 0 Å². The number of methoxy groups -OCH3 is 1. The third-order valence-electron chi connectivity index (χ3n) is 8.34. The van der Waals surface area contributed by atoms with Crippen molar-refractivity contribution in [1.29, 1.82) is 5.26 Å². The van der Waals surface area contributed by atoms with Gasteiger partial charge in [0.15, 0.2) is 5.82 Å². The van der Waals surface area contributed by atoms with E-state index >= 15 is 0 Å². The van der Waals surface area contributed by atoms with Crippen molar-refractivity contribution < 1.29 is 14.3 Å². The summed E-state index contributed by atoms with van der Waals surface area (Å²) in [6, 6.07) is 14.1. The van der Waals surface area contributed by atoms with Crippen LogP contribution in [0.2, 0.25) is 0 Å². The summed E-state index contributed by atoms with van der Waals surface area (Å²) in [5.41, 5.74) is 4.71. The maximum atomic E-state index is 12.2. The van der Waals surface area contributed by atoms with Crippen LogP contribution in [-0.2, 0) is 9.53 Å². The molecule has 42 heavy (non-hydrogen) atoms. The first-order valence-corrected chi connectivity index (χ1v) is 14.6. The van der Waals surface area contributed by atoms with E-state index in [4.69, 9.17) is 9.47 Å². The maximum Gasteiger partial charge on any atom is 0.248 e. The summed E-state index contributed by atoms with van der Waals surface area (Å²) in [7, 11) is 3.71. The highest BCUT2D eigenvalue weighted by Gasteiger charge is 2.30. The largest absolute Gasteiger partial charge is 0.489 e. The highest BCUT2D eigenvalue weighted by molar-refractivity contribution is 5.77. The number of amides is 1. The van der Waals surface area contributed by atoms with E-state index in [1.807, 2.05) is 6.07 Å². The van der Waals surface area contributed by atoms with E-state index in [9.17, 15) is 10.1 Å². The average molecular weight is 570 g/mol. The summed E-state index contributed by atoms with van der Waals surface area (Å²) in [6.07, 6.45) is 4.43. The Bertz CT molecular complexity index is 1450. The molecule has 0 unspecified atom stereocenters. The third kappa shape index (κ3) is 6.86. The second-order valence-electron chi connectivity index (χ2n) is 11.4. The summed E-state index contributed by atoms with van der Waals surface area (Å²) in [5.74, 6) is 2.12. The first kappa shape index (κ1) is 29.4. The predicted molar refractivity (Wildman–Crippen MR) is 161 cm³/mol. The van der Waals surface area contributed by atoms with Crippen LogP contribution in [0.1, 0.15) is 48.8 Å². The Morgan fingerprint density at radius 1 is 1.12 bits per heavy atom. The summed E-state index contributed by atoms with van der Waals surface area (Å²) < 4.78 is 11.3. The molecule has 1 aromatic heterocycles. The van der Waals surface area contributed by atoms with E-state index < -0.39 is 0 Å². The molecule has 10 heteroatoms. The Kier molecular flexibility index (Phi) is 9.30. The average Bonchev–Trinajstić information content (AvgIpc) is 2.99. The van der Waals surface area contributed by atoms with Gasteiger partial charge in [-0.1, -0.05) is 13.0 Å². The first-order chi connectivity index (χ1) is 20.3. The molecule has 2 aromatic carbocycles. The van der Waals surface area contributed by atoms with Crippen LogP contribution in [0.3, 0.4) is 0 Å². The number of rotatable bonds is 8. The molecule has 2 aliphatic rings. The minimum atomic E-state index is -0.100. The van der Waals surface area contributed by atoms with Gasteiger partial charge in [-0.05, 0) is 87.3 Å². The molecule has 0 aliphatic carbocycles. The minimum absolute atomic E-state index is 0.0177. The van der Waals surface area contributed by atoms with Crippen LogP contribution in [0.4, 0.5) is 11.6 Å². The highest BCUT2D eigenvalue weighted by Crippen LogP contribution is 2.32. The quantitative estimate of drug-likeness (QED) is 0.417. The number of anilines is 2. The number of piperidine rings is 2. The van der Waals surface area contributed by atoms with Crippen molar-refractivity contribution in [3.05, 3.63) is 59.4 Å². The van der Waals surface area contributed by atoms with E-state index in [1.165, 1.54) is 37.4 Å². The molecule has 2 saturated heterocycles. The summed E-state index contributed by atoms with van der Waals surface area (Å²) in [6.45, 7) is 7.75. The number of ether oxygens (including phenoxy) is 2. The number of aromatic nitrogens is 3. The molecule has 0 bridgehead atoms. The van der Waals surface area contributed by atoms with Gasteiger partial charge in [-0.3, -0.25) is 4.79 Å². The Balaban J connectivity index is 1.26. The van der Waals surface area contributed by atoms with E-state index in [0.717, 1.165) is 18.8 Å². The van der Waals surface area contributed by atoms with Gasteiger partial charge in [0.2, 0.25) is 11.9 Å². The fraction of sp³-hybridized carbons (Fsp3) is 0.469. The number of carbonyl (C=O) groups is 1. The molecule has 1 N–H and O–H groups in total. The molecule has 3 heterocycles. The minimum Gasteiger partial charge on any atom is -0.489 e. The highest BCUT2D eigenvalue weighted by atomic mass is 16.5. The number of likely N-dealkylation sites (tertiary alicyclic amines) is 2. The van der Waals surface area contributed by atoms with Crippen molar-refractivity contribution in [2.24, 2.45) is 5.92 Å². The van der Waals surface area contributed by atoms with Crippen molar-refractivity contribution in [3.63, 3.8) is 0 Å². The zero-order chi connectivity index (χ0) is 29.6. The smallest absolute Gasteiger partial charge is 0.248 e. The second-order valence-corrected chi connectivity index (χ2v) is 11.4. The van der Waals surface area contributed by atoms with E-state index in [2.05, 4.69) is 70.3 Å². The van der Waals surface area contributed by atoms with Crippen molar-refractivity contribution >= 4 is 17.5 Å². The van der Waals surface area contributed by atoms with Gasteiger partial charge in [0, 0.05) is 43.8 Å². The van der Waals surface area contributed by atoms with Crippen LogP contribution < -0.4 is 10.1 Å². The van der Waals surface area contributed by atoms with Crippen molar-refractivity contribution in [2.45, 2.75) is 45.1 Å². The molecule has 2 aliphatic heterocycles. The molecule has 2 fully saturated rings. The number of aryl methyl sites for hydroxylation is 1. The van der Waals surface area contributed by atoms with Crippen LogP contribution >= 0.6 is 0 Å². The lowest BCUT2D eigenvalue weighted by Crippen LogP contribution is -2.48. The number of hydrogen-bond acceptors (Lipinski definition) is 9. The standard InChI is InChI=1S/C32H39N7O3/c1-21-15-26(6-7-27(21)23-9-12-38(3)13-10-23)36-32-35-20-34-31(37-32)24-5-8-29(25(16-24)17-33)42-28-11-14-39(18-22(28)2)30(40)19-41-4/h5-8,15-16,20,22-23,28H,9-14,18-19H2,1-4H3,(H,34,35,36,37)/t22-,28+/m1/s1. The van der Waals surface area contributed by atoms with Crippen molar-refractivity contribution in [3.8, 4) is 23.2 Å². The number of nitrogens with one attached hydrogen (secondary N) is 1. The van der Waals surface area contributed by atoms with Gasteiger partial charge in [0.25, 0.3) is 0 Å². The van der Waals surface area contributed by atoms with E-state index in [-0.39, 0.29) is 24.5 Å². The summed E-state index contributed by atoms with van der Waals surface area (Å²) in [4.78, 5) is 29.7. The van der Waals surface area contributed by atoms with E-state index in [1.54, 1.807) is 17.0 Å². The third-order valence-corrected chi connectivity index (χ3v) is 8.34. The molecule has 1 amide bonds. The number of carbonyl (C=O) groups excluding carboxylic acids is 1. The lowest BCUT2D eigenvalue weighted by Gasteiger charge is -2.37. The van der Waals surface area contributed by atoms with Gasteiger partial charge in [0.05, 0.1) is 5.56 Å². The van der Waals surface area contributed by atoms with Crippen molar-refractivity contribution in [1.82, 2.24) is 24.8 Å². The number of nitrogens with zero attached hydrogens (tertiary/aromatic N) is 6. The topological polar surface area (TPSA) is 116 Å². The zero-order valence-electron chi connectivity index (χ0n) is 24.8. The molecule has 0 radical (unpaired) electrons. The van der Waals surface area contributed by atoms with Crippen LogP contribution in [0.25, 0.3) is 11.4 Å². The van der Waals surface area contributed by atoms with Gasteiger partial charge < -0.3 is 24.6 Å². The second kappa shape index (κ2) is 13.3. The Hall–Kier alpha value is -4.07. The van der Waals surface area contributed by atoms with Crippen LogP contribution in [0.15, 0.2) is 42.7 Å². The zero-order valence-corrected chi connectivity index (χ0v) is 24.8. The SMILES string of the molecule is COCC(=O)N1CC[C@H](Oc2ccc(-c3ncnc(Nc4ccc(C5CCN(C)CC5)c(C)c4)n3)cc2C#N)[C@H](C)C1. The number of benzene rings is 2. The Labute approximate surface area is 247 Å². The Morgan fingerprint density at radius 3 is 2.64 bits per heavy atom. The molecule has 0 spiro atoms. The maximum absolute atomic E-state index is 12.2. The molecule has 3 aromatic rings. The molecule has 5 rings (SSSR count). The van der Waals surface area contributed by atoms with Gasteiger partial charge >= 0.3 is 0 Å². The Morgan fingerprint density at radius 2 is 1.93 bits per heavy atom. The lowest BCUT2D eigenvalue weighted by molar-refractivity contribution is -0.138. The predicted octanol–water partition coefficient (Wildman–Crippen LogP) is 4.53. The molecule has 220 valence electrons. The lowest BCUT2D eigenvalue weighted by atomic mass is 9.87. The van der Waals surface area contributed by atoms with Crippen LogP contribution in [-0.4, -0.2) is 83.7 Å². The fourth-order valence-corrected chi connectivity index (χ4v) is 5.92. The fourth-order valence-electron chi connectivity index (χ4n) is 5.92. The van der Waals surface area contributed by atoms with Crippen molar-refractivity contribution in [2.75, 3.05) is 52.3 Å². The number of hydrogen-bond donors (Lipinski definition) is 1. The van der Waals surface area contributed by atoms with Crippen LogP contribution in [0.5, 0.6) is 5.75 Å². The van der Waals surface area contributed by atoms with Crippen LogP contribution in [0, 0.1) is 24.2 Å². The molecule has 2 atom stereocenters. The normalized spacial score (nSPS) is 19.7. The van der Waals surface area contributed by atoms with Gasteiger partial charge in [-0.25, -0.2) is 9.97 Å². The summed E-state index contributed by atoms with van der Waals surface area (Å²) in [5, 5.41) is 13.2. The molecular formula is C32H39N7O3. The number of nitriles is 1. The molecular weight excluding hydrogens is 530 g/mol. The monoisotopic (exact) mass is 569 g/mol. The molecule has 10 nitrogen and oxygen atoms in total. The molecule has 0 saturated carbocycles. The van der Waals surface area contributed by atoms with Gasteiger partial charge in [-0.2, -0.15) is 10.2 Å². The first-order valence-electron chi connectivity index (χ1n) is 14.6. The van der Waals surface area contributed by atoms with Gasteiger partial charge in [0.1, 0.15) is 30.9 Å². The summed E-state index contributed by atoms with van der Waals surface area (Å²) >= 11 is 0.